The van der Waals surface area contributed by atoms with E-state index < -0.39 is 17.3 Å². The predicted octanol–water partition coefficient (Wildman–Crippen LogP) is 3.58. The lowest BCUT2D eigenvalue weighted by molar-refractivity contribution is -0.142. The molecular weight excluding hydrogens is 395 g/mol. The lowest BCUT2D eigenvalue weighted by Gasteiger charge is -2.34. The maximum atomic E-state index is 13.4. The number of carbonyl (C=O) groups excluding carboxylic acids is 1. The van der Waals surface area contributed by atoms with Gasteiger partial charge in [0.1, 0.15) is 6.33 Å². The zero-order valence-electron chi connectivity index (χ0n) is 16.1. The summed E-state index contributed by atoms with van der Waals surface area (Å²) in [6, 6.07) is 10.9. The van der Waals surface area contributed by atoms with E-state index in [1.165, 1.54) is 0 Å². The highest BCUT2D eigenvalue weighted by Crippen LogP contribution is 2.50. The minimum absolute atomic E-state index is 0.0562. The number of rotatable bonds is 3. The van der Waals surface area contributed by atoms with Crippen LogP contribution < -0.4 is 0 Å². The molecule has 0 bridgehead atoms. The molecule has 3 aromatic rings. The molecular formula is C21H20F3N5O. The number of aromatic nitrogens is 4. The Hall–Kier alpha value is -2.97. The fourth-order valence-electron chi connectivity index (χ4n) is 4.43. The Balaban J connectivity index is 1.34. The molecule has 1 amide bonds. The number of fused-ring (bicyclic) bond motifs is 1. The molecule has 30 heavy (non-hydrogen) atoms. The molecule has 156 valence electrons. The van der Waals surface area contributed by atoms with Crippen molar-refractivity contribution in [1.29, 1.82) is 0 Å². The molecule has 1 aromatic carbocycles. The average Bonchev–Trinajstić information content (AvgIpc) is 3.43. The normalized spacial score (nSPS) is 19.2. The van der Waals surface area contributed by atoms with Crippen LogP contribution in [0.1, 0.15) is 48.6 Å². The Labute approximate surface area is 170 Å². The van der Waals surface area contributed by atoms with E-state index in [4.69, 9.17) is 0 Å². The van der Waals surface area contributed by atoms with Crippen LogP contribution in [-0.4, -0.2) is 43.5 Å². The minimum Gasteiger partial charge on any atom is -0.342 e. The van der Waals surface area contributed by atoms with Crippen molar-refractivity contribution in [3.63, 3.8) is 0 Å². The molecule has 2 aromatic heterocycles. The standard InChI is InChI=1S/C21H20F3N5O/c22-21(23,24)17-12-16(27-19-25-13-26-29(17)19)14-6-10-28(11-7-14)18(30)20(8-9-20)15-4-2-1-3-5-15/h1-5,12-14H,6-11H2. The van der Waals surface area contributed by atoms with E-state index >= 15 is 0 Å². The van der Waals surface area contributed by atoms with E-state index in [1.54, 1.807) is 0 Å². The van der Waals surface area contributed by atoms with Crippen LogP contribution in [-0.2, 0) is 16.4 Å². The largest absolute Gasteiger partial charge is 0.433 e. The zero-order chi connectivity index (χ0) is 20.9. The molecule has 2 fully saturated rings. The fourth-order valence-corrected chi connectivity index (χ4v) is 4.43. The summed E-state index contributed by atoms with van der Waals surface area (Å²) in [7, 11) is 0. The highest BCUT2D eigenvalue weighted by molar-refractivity contribution is 5.91. The third-order valence-electron chi connectivity index (χ3n) is 6.25. The van der Waals surface area contributed by atoms with Gasteiger partial charge in [0.25, 0.3) is 5.78 Å². The van der Waals surface area contributed by atoms with Gasteiger partial charge < -0.3 is 4.90 Å². The summed E-state index contributed by atoms with van der Waals surface area (Å²) >= 11 is 0. The zero-order valence-corrected chi connectivity index (χ0v) is 16.1. The minimum atomic E-state index is -4.55. The second-order valence-corrected chi connectivity index (χ2v) is 8.05. The van der Waals surface area contributed by atoms with Crippen molar-refractivity contribution in [3.05, 3.63) is 59.7 Å². The number of nitrogens with zero attached hydrogens (tertiary/aromatic N) is 5. The molecule has 0 radical (unpaired) electrons. The van der Waals surface area contributed by atoms with Crippen molar-refractivity contribution in [2.75, 3.05) is 13.1 Å². The van der Waals surface area contributed by atoms with E-state index in [-0.39, 0.29) is 17.6 Å². The first-order valence-electron chi connectivity index (χ1n) is 10.0. The van der Waals surface area contributed by atoms with Crippen molar-refractivity contribution in [2.24, 2.45) is 0 Å². The Morgan fingerprint density at radius 2 is 1.80 bits per heavy atom. The quantitative estimate of drug-likeness (QED) is 0.656. The molecule has 6 nitrogen and oxygen atoms in total. The van der Waals surface area contributed by atoms with E-state index in [1.807, 2.05) is 35.2 Å². The molecule has 9 heteroatoms. The molecule has 1 saturated heterocycles. The number of benzene rings is 1. The first-order valence-corrected chi connectivity index (χ1v) is 10.0. The molecule has 1 aliphatic carbocycles. The second-order valence-electron chi connectivity index (χ2n) is 8.05. The van der Waals surface area contributed by atoms with Gasteiger partial charge in [0.2, 0.25) is 5.91 Å². The number of carbonyl (C=O) groups is 1. The highest BCUT2D eigenvalue weighted by atomic mass is 19.4. The Bertz CT molecular complexity index is 1080. The first-order chi connectivity index (χ1) is 14.4. The van der Waals surface area contributed by atoms with Crippen molar-refractivity contribution >= 4 is 11.7 Å². The maximum absolute atomic E-state index is 13.4. The molecule has 5 rings (SSSR count). The topological polar surface area (TPSA) is 63.4 Å². The molecule has 1 saturated carbocycles. The molecule has 0 atom stereocenters. The van der Waals surface area contributed by atoms with Crippen molar-refractivity contribution in [2.45, 2.75) is 43.2 Å². The third-order valence-corrected chi connectivity index (χ3v) is 6.25. The van der Waals surface area contributed by atoms with Crippen LogP contribution in [0.3, 0.4) is 0 Å². The Morgan fingerprint density at radius 3 is 2.43 bits per heavy atom. The molecule has 0 N–H and O–H groups in total. The van der Waals surface area contributed by atoms with Gasteiger partial charge in [-0.05, 0) is 37.3 Å². The Kier molecular flexibility index (Phi) is 4.30. The number of amides is 1. The summed E-state index contributed by atoms with van der Waals surface area (Å²) in [4.78, 5) is 23.2. The van der Waals surface area contributed by atoms with Crippen molar-refractivity contribution in [3.8, 4) is 0 Å². The fraction of sp³-hybridized carbons (Fsp3) is 0.429. The SMILES string of the molecule is O=C(N1CCC(c2cc(C(F)(F)F)n3ncnc3n2)CC1)C1(c2ccccc2)CC1. The smallest absolute Gasteiger partial charge is 0.342 e. The van der Waals surface area contributed by atoms with E-state index in [0.29, 0.717) is 31.6 Å². The van der Waals surface area contributed by atoms with E-state index in [2.05, 4.69) is 15.1 Å². The van der Waals surface area contributed by atoms with Gasteiger partial charge >= 0.3 is 6.18 Å². The monoisotopic (exact) mass is 415 g/mol. The molecule has 3 heterocycles. The van der Waals surface area contributed by atoms with Gasteiger partial charge in [-0.3, -0.25) is 4.79 Å². The summed E-state index contributed by atoms with van der Waals surface area (Å²) in [6.45, 7) is 1.03. The van der Waals surface area contributed by atoms with Gasteiger partial charge in [-0.1, -0.05) is 30.3 Å². The number of hydrogen-bond acceptors (Lipinski definition) is 4. The number of alkyl halides is 3. The van der Waals surface area contributed by atoms with Gasteiger partial charge in [-0.2, -0.15) is 27.8 Å². The molecule has 1 aliphatic heterocycles. The highest BCUT2D eigenvalue weighted by Gasteiger charge is 2.53. The summed E-state index contributed by atoms with van der Waals surface area (Å²) < 4.78 is 41.0. The van der Waals surface area contributed by atoms with Crippen molar-refractivity contribution in [1.82, 2.24) is 24.5 Å². The molecule has 0 unspecified atom stereocenters. The second kappa shape index (κ2) is 6.78. The van der Waals surface area contributed by atoms with Crippen LogP contribution in [0, 0.1) is 0 Å². The first kappa shape index (κ1) is 19.0. The summed E-state index contributed by atoms with van der Waals surface area (Å²) in [6.07, 6.45) is -0.641. The summed E-state index contributed by atoms with van der Waals surface area (Å²) in [5.41, 5.74) is 0.112. The molecule has 0 spiro atoms. The van der Waals surface area contributed by atoms with Gasteiger partial charge in [0, 0.05) is 24.7 Å². The summed E-state index contributed by atoms with van der Waals surface area (Å²) in [5, 5.41) is 3.64. The average molecular weight is 415 g/mol. The Morgan fingerprint density at radius 1 is 1.10 bits per heavy atom. The van der Waals surface area contributed by atoms with E-state index in [0.717, 1.165) is 35.3 Å². The van der Waals surface area contributed by atoms with Gasteiger partial charge in [-0.15, -0.1) is 0 Å². The van der Waals surface area contributed by atoms with Crippen LogP contribution in [0.25, 0.3) is 5.78 Å². The number of hydrogen-bond donors (Lipinski definition) is 0. The van der Waals surface area contributed by atoms with Crippen LogP contribution in [0.2, 0.25) is 0 Å². The number of likely N-dealkylation sites (tertiary alicyclic amines) is 1. The maximum Gasteiger partial charge on any atom is 0.433 e. The lowest BCUT2D eigenvalue weighted by Crippen LogP contribution is -2.43. The number of piperidine rings is 1. The van der Waals surface area contributed by atoms with Gasteiger partial charge in [0.05, 0.1) is 5.41 Å². The molecule has 2 aliphatic rings. The van der Waals surface area contributed by atoms with Crippen LogP contribution >= 0.6 is 0 Å². The third kappa shape index (κ3) is 3.12. The van der Waals surface area contributed by atoms with Crippen molar-refractivity contribution < 1.29 is 18.0 Å². The van der Waals surface area contributed by atoms with Crippen LogP contribution in [0.4, 0.5) is 13.2 Å². The summed E-state index contributed by atoms with van der Waals surface area (Å²) in [5.74, 6) is -0.0768. The van der Waals surface area contributed by atoms with Gasteiger partial charge in [0.15, 0.2) is 5.69 Å². The predicted molar refractivity (Wildman–Crippen MR) is 102 cm³/mol. The van der Waals surface area contributed by atoms with E-state index in [9.17, 15) is 18.0 Å². The van der Waals surface area contributed by atoms with Crippen LogP contribution in [0.5, 0.6) is 0 Å². The van der Waals surface area contributed by atoms with Gasteiger partial charge in [-0.25, -0.2) is 4.98 Å². The lowest BCUT2D eigenvalue weighted by atomic mass is 9.89. The number of halogens is 3. The van der Waals surface area contributed by atoms with Crippen LogP contribution in [0.15, 0.2) is 42.7 Å².